The minimum absolute atomic E-state index is 0.0470. The van der Waals surface area contributed by atoms with Crippen LogP contribution in [0.2, 0.25) is 18.1 Å². The zero-order chi connectivity index (χ0) is 18.1. The fourth-order valence-electron chi connectivity index (χ4n) is 2.48. The summed E-state index contributed by atoms with van der Waals surface area (Å²) in [5.74, 6) is 0.269. The molecule has 5 nitrogen and oxygen atoms in total. The topological polar surface area (TPSA) is 64.8 Å². The average Bonchev–Trinajstić information content (AvgIpc) is 2.34. The molecule has 1 amide bonds. The highest BCUT2D eigenvalue weighted by Crippen LogP contribution is 2.38. The van der Waals surface area contributed by atoms with Crippen LogP contribution >= 0.6 is 0 Å². The SMILES string of the molecule is CC(C)(C)OC(=O)N1C[C@@H](CN)C[C@@H](O[Si](C)(C)C(C)(C)C)C1. The second kappa shape index (κ2) is 7.11. The van der Waals surface area contributed by atoms with Crippen molar-refractivity contribution in [3.63, 3.8) is 0 Å². The van der Waals surface area contributed by atoms with Crippen LogP contribution in [0.3, 0.4) is 0 Å². The van der Waals surface area contributed by atoms with Gasteiger partial charge in [0.05, 0.1) is 6.10 Å². The zero-order valence-corrected chi connectivity index (χ0v) is 17.2. The van der Waals surface area contributed by atoms with Gasteiger partial charge in [-0.15, -0.1) is 0 Å². The number of rotatable bonds is 3. The predicted molar refractivity (Wildman–Crippen MR) is 97.0 cm³/mol. The molecule has 1 rings (SSSR count). The number of nitrogens with two attached hydrogens (primary N) is 1. The average molecular weight is 345 g/mol. The number of carbonyl (C=O) groups excluding carboxylic acids is 1. The second-order valence-corrected chi connectivity index (χ2v) is 14.0. The van der Waals surface area contributed by atoms with E-state index in [-0.39, 0.29) is 23.2 Å². The molecular weight excluding hydrogens is 308 g/mol. The van der Waals surface area contributed by atoms with E-state index in [1.165, 1.54) is 0 Å². The Morgan fingerprint density at radius 2 is 1.74 bits per heavy atom. The van der Waals surface area contributed by atoms with Gasteiger partial charge < -0.3 is 19.8 Å². The largest absolute Gasteiger partial charge is 0.444 e. The van der Waals surface area contributed by atoms with Crippen LogP contribution in [0.15, 0.2) is 0 Å². The summed E-state index contributed by atoms with van der Waals surface area (Å²) in [6.45, 7) is 18.7. The Morgan fingerprint density at radius 1 is 1.17 bits per heavy atom. The van der Waals surface area contributed by atoms with Gasteiger partial charge in [-0.3, -0.25) is 0 Å². The van der Waals surface area contributed by atoms with E-state index in [1.807, 2.05) is 20.8 Å². The number of piperidine rings is 1. The van der Waals surface area contributed by atoms with E-state index < -0.39 is 13.9 Å². The molecule has 0 aromatic rings. The van der Waals surface area contributed by atoms with Crippen LogP contribution in [0.1, 0.15) is 48.0 Å². The molecule has 0 spiro atoms. The summed E-state index contributed by atoms with van der Waals surface area (Å²) in [6.07, 6.45) is 0.702. The van der Waals surface area contributed by atoms with Crippen molar-refractivity contribution in [3.05, 3.63) is 0 Å². The summed E-state index contributed by atoms with van der Waals surface area (Å²) >= 11 is 0. The highest BCUT2D eigenvalue weighted by Gasteiger charge is 2.41. The molecular formula is C17H36N2O3Si. The first-order valence-electron chi connectivity index (χ1n) is 8.61. The van der Waals surface area contributed by atoms with Crippen molar-refractivity contribution in [1.82, 2.24) is 4.90 Å². The molecule has 0 aromatic heterocycles. The fourth-order valence-corrected chi connectivity index (χ4v) is 3.84. The van der Waals surface area contributed by atoms with Crippen LogP contribution < -0.4 is 5.73 Å². The van der Waals surface area contributed by atoms with E-state index >= 15 is 0 Å². The van der Waals surface area contributed by atoms with E-state index in [9.17, 15) is 4.79 Å². The highest BCUT2D eigenvalue weighted by molar-refractivity contribution is 6.74. The van der Waals surface area contributed by atoms with Crippen molar-refractivity contribution in [2.75, 3.05) is 19.6 Å². The summed E-state index contributed by atoms with van der Waals surface area (Å²) in [7, 11) is -1.87. The van der Waals surface area contributed by atoms with E-state index in [0.717, 1.165) is 6.42 Å². The molecule has 2 atom stereocenters. The van der Waals surface area contributed by atoms with Crippen LogP contribution in [0.25, 0.3) is 0 Å². The summed E-state index contributed by atoms with van der Waals surface area (Å²) in [4.78, 5) is 14.2. The summed E-state index contributed by atoms with van der Waals surface area (Å²) in [6, 6.07) is 0. The molecule has 0 unspecified atom stereocenters. The maximum Gasteiger partial charge on any atom is 0.410 e. The Labute approximate surface area is 143 Å². The second-order valence-electron chi connectivity index (χ2n) is 9.22. The van der Waals surface area contributed by atoms with Crippen molar-refractivity contribution in [3.8, 4) is 0 Å². The number of likely N-dealkylation sites (tertiary alicyclic amines) is 1. The Hall–Kier alpha value is -0.593. The third kappa shape index (κ3) is 6.08. The van der Waals surface area contributed by atoms with Gasteiger partial charge in [-0.2, -0.15) is 0 Å². The van der Waals surface area contributed by atoms with Gasteiger partial charge in [-0.1, -0.05) is 20.8 Å². The molecule has 136 valence electrons. The van der Waals surface area contributed by atoms with E-state index in [0.29, 0.717) is 19.6 Å². The summed E-state index contributed by atoms with van der Waals surface area (Å²) in [5, 5.41) is 0.152. The number of nitrogens with zero attached hydrogens (tertiary/aromatic N) is 1. The minimum Gasteiger partial charge on any atom is -0.444 e. The number of hydrogen-bond acceptors (Lipinski definition) is 4. The van der Waals surface area contributed by atoms with Crippen molar-refractivity contribution in [1.29, 1.82) is 0 Å². The van der Waals surface area contributed by atoms with E-state index in [2.05, 4.69) is 33.9 Å². The monoisotopic (exact) mass is 344 g/mol. The lowest BCUT2D eigenvalue weighted by Crippen LogP contribution is -2.54. The third-order valence-corrected chi connectivity index (χ3v) is 9.29. The molecule has 1 fully saturated rings. The molecule has 1 aliphatic rings. The standard InChI is InChI=1S/C17H36N2O3Si/c1-16(2,3)21-15(20)19-11-13(10-18)9-14(12-19)22-23(7,8)17(4,5)6/h13-14H,9-12,18H2,1-8H3/t13-,14-/m1/s1. The Bertz CT molecular complexity index is 413. The molecule has 1 saturated heterocycles. The van der Waals surface area contributed by atoms with Gasteiger partial charge in [0.1, 0.15) is 5.60 Å². The molecule has 6 heteroatoms. The minimum atomic E-state index is -1.87. The molecule has 1 aliphatic heterocycles. The van der Waals surface area contributed by atoms with Crippen LogP contribution in [-0.4, -0.2) is 50.6 Å². The normalized spacial score (nSPS) is 23.8. The molecule has 23 heavy (non-hydrogen) atoms. The molecule has 0 aromatic carbocycles. The molecule has 0 radical (unpaired) electrons. The maximum atomic E-state index is 12.4. The van der Waals surface area contributed by atoms with Crippen molar-refractivity contribution in [2.45, 2.75) is 77.8 Å². The molecule has 1 heterocycles. The zero-order valence-electron chi connectivity index (χ0n) is 16.2. The quantitative estimate of drug-likeness (QED) is 0.795. The molecule has 0 bridgehead atoms. The van der Waals surface area contributed by atoms with Crippen molar-refractivity contribution < 1.29 is 14.0 Å². The molecule has 2 N–H and O–H groups in total. The van der Waals surface area contributed by atoms with Crippen LogP contribution in [0, 0.1) is 5.92 Å². The van der Waals surface area contributed by atoms with E-state index in [1.54, 1.807) is 4.90 Å². The number of ether oxygens (including phenoxy) is 1. The predicted octanol–water partition coefficient (Wildman–Crippen LogP) is 3.59. The van der Waals surface area contributed by atoms with Crippen molar-refractivity contribution in [2.24, 2.45) is 11.7 Å². The van der Waals surface area contributed by atoms with Gasteiger partial charge in [0.2, 0.25) is 0 Å². The van der Waals surface area contributed by atoms with Gasteiger partial charge in [-0.05, 0) is 57.8 Å². The van der Waals surface area contributed by atoms with Gasteiger partial charge >= 0.3 is 6.09 Å². The summed E-state index contributed by atoms with van der Waals surface area (Å²) < 4.78 is 12.0. The van der Waals surface area contributed by atoms with Crippen molar-refractivity contribution >= 4 is 14.4 Å². The third-order valence-electron chi connectivity index (χ3n) is 4.75. The smallest absolute Gasteiger partial charge is 0.410 e. The maximum absolute atomic E-state index is 12.4. The van der Waals surface area contributed by atoms with Gasteiger partial charge in [0, 0.05) is 13.1 Å². The Balaban J connectivity index is 2.80. The van der Waals surface area contributed by atoms with Crippen LogP contribution in [0.4, 0.5) is 4.79 Å². The molecule has 0 aliphatic carbocycles. The number of hydrogen-bond donors (Lipinski definition) is 1. The Morgan fingerprint density at radius 3 is 2.17 bits per heavy atom. The van der Waals surface area contributed by atoms with Gasteiger partial charge in [-0.25, -0.2) is 4.79 Å². The fraction of sp³-hybridized carbons (Fsp3) is 0.941. The lowest BCUT2D eigenvalue weighted by atomic mass is 9.96. The van der Waals surface area contributed by atoms with E-state index in [4.69, 9.17) is 14.9 Å². The first-order chi connectivity index (χ1) is 10.2. The lowest BCUT2D eigenvalue weighted by Gasteiger charge is -2.44. The van der Waals surface area contributed by atoms with Gasteiger partial charge in [0.15, 0.2) is 8.32 Å². The first kappa shape index (κ1) is 20.5. The summed E-state index contributed by atoms with van der Waals surface area (Å²) in [5.41, 5.74) is 5.40. The van der Waals surface area contributed by atoms with Crippen LogP contribution in [-0.2, 0) is 9.16 Å². The highest BCUT2D eigenvalue weighted by atomic mass is 28.4. The number of amides is 1. The van der Waals surface area contributed by atoms with Gasteiger partial charge in [0.25, 0.3) is 0 Å². The van der Waals surface area contributed by atoms with Crippen LogP contribution in [0.5, 0.6) is 0 Å². The Kier molecular flexibility index (Phi) is 6.32. The lowest BCUT2D eigenvalue weighted by molar-refractivity contribution is -0.00374. The molecule has 0 saturated carbocycles. The number of carbonyl (C=O) groups is 1. The first-order valence-corrected chi connectivity index (χ1v) is 11.5.